The molecule has 3 rings (SSSR count). The van der Waals surface area contributed by atoms with Crippen LogP contribution in [-0.2, 0) is 5.41 Å². The van der Waals surface area contributed by atoms with Crippen LogP contribution in [0.3, 0.4) is 0 Å². The first-order valence-corrected chi connectivity index (χ1v) is 7.71. The van der Waals surface area contributed by atoms with Gasteiger partial charge in [-0.15, -0.1) is 5.92 Å². The Bertz CT molecular complexity index is 594. The molecule has 1 nitrogen and oxygen atoms in total. The van der Waals surface area contributed by atoms with Crippen molar-refractivity contribution >= 4 is 0 Å². The molecule has 0 aliphatic heterocycles. The quantitative estimate of drug-likeness (QED) is 0.827. The highest BCUT2D eigenvalue weighted by atomic mass is 14.7. The van der Waals surface area contributed by atoms with Crippen LogP contribution in [0.25, 0.3) is 0 Å². The maximum atomic E-state index is 6.64. The maximum absolute atomic E-state index is 6.64. The molecule has 2 aromatic carbocycles. The van der Waals surface area contributed by atoms with Gasteiger partial charge in [0.2, 0.25) is 0 Å². The first kappa shape index (κ1) is 13.9. The van der Waals surface area contributed by atoms with Crippen molar-refractivity contribution in [3.05, 3.63) is 71.8 Å². The highest BCUT2D eigenvalue weighted by Gasteiger charge is 2.38. The van der Waals surface area contributed by atoms with Crippen LogP contribution >= 0.6 is 0 Å². The highest BCUT2D eigenvalue weighted by Crippen LogP contribution is 2.37. The number of rotatable bonds is 2. The Morgan fingerprint density at radius 1 is 0.857 bits per heavy atom. The first-order chi connectivity index (χ1) is 10.3. The van der Waals surface area contributed by atoms with Crippen molar-refractivity contribution in [1.29, 1.82) is 0 Å². The molecule has 1 aliphatic carbocycles. The molecule has 1 atom stereocenters. The SMILES string of the molecule is NC1CCCCC#CC1(c1ccccc1)c1ccccc1. The van der Waals surface area contributed by atoms with Crippen LogP contribution in [-0.4, -0.2) is 6.04 Å². The fraction of sp³-hybridized carbons (Fsp3) is 0.300. The van der Waals surface area contributed by atoms with E-state index in [1.165, 1.54) is 11.1 Å². The van der Waals surface area contributed by atoms with E-state index in [0.717, 1.165) is 25.7 Å². The van der Waals surface area contributed by atoms with Gasteiger partial charge < -0.3 is 5.73 Å². The van der Waals surface area contributed by atoms with Crippen molar-refractivity contribution in [3.63, 3.8) is 0 Å². The van der Waals surface area contributed by atoms with Crippen molar-refractivity contribution in [3.8, 4) is 11.8 Å². The van der Waals surface area contributed by atoms with Crippen LogP contribution in [0.15, 0.2) is 60.7 Å². The Balaban J connectivity index is 2.23. The van der Waals surface area contributed by atoms with Gasteiger partial charge in [-0.1, -0.05) is 73.0 Å². The Morgan fingerprint density at radius 3 is 2.00 bits per heavy atom. The van der Waals surface area contributed by atoms with Gasteiger partial charge in [0.05, 0.1) is 5.41 Å². The van der Waals surface area contributed by atoms with E-state index in [0.29, 0.717) is 0 Å². The summed E-state index contributed by atoms with van der Waals surface area (Å²) in [6.07, 6.45) is 4.28. The third kappa shape index (κ3) is 2.60. The van der Waals surface area contributed by atoms with Gasteiger partial charge in [0.15, 0.2) is 0 Å². The summed E-state index contributed by atoms with van der Waals surface area (Å²) in [4.78, 5) is 0. The van der Waals surface area contributed by atoms with Gasteiger partial charge in [0.1, 0.15) is 0 Å². The molecule has 0 bridgehead atoms. The minimum atomic E-state index is -0.386. The van der Waals surface area contributed by atoms with Crippen LogP contribution in [0.1, 0.15) is 36.8 Å². The van der Waals surface area contributed by atoms with Crippen LogP contribution < -0.4 is 5.73 Å². The average molecular weight is 275 g/mol. The molecule has 0 spiro atoms. The Kier molecular flexibility index (Phi) is 4.08. The molecule has 0 fully saturated rings. The third-order valence-electron chi connectivity index (χ3n) is 4.37. The normalized spacial score (nSPS) is 20.7. The van der Waals surface area contributed by atoms with Crippen molar-refractivity contribution in [1.82, 2.24) is 0 Å². The highest BCUT2D eigenvalue weighted by molar-refractivity contribution is 5.50. The molecule has 106 valence electrons. The minimum absolute atomic E-state index is 0.0232. The predicted octanol–water partition coefficient (Wildman–Crippen LogP) is 3.88. The molecule has 0 saturated carbocycles. The number of hydrogen-bond acceptors (Lipinski definition) is 1. The lowest BCUT2D eigenvalue weighted by atomic mass is 9.68. The van der Waals surface area contributed by atoms with Crippen molar-refractivity contribution in [2.45, 2.75) is 37.1 Å². The minimum Gasteiger partial charge on any atom is -0.326 e. The zero-order chi connectivity index (χ0) is 14.5. The molecule has 2 N–H and O–H groups in total. The van der Waals surface area contributed by atoms with Gasteiger partial charge in [0.25, 0.3) is 0 Å². The Hall–Kier alpha value is -2.04. The Morgan fingerprint density at radius 2 is 1.43 bits per heavy atom. The van der Waals surface area contributed by atoms with E-state index in [1.807, 2.05) is 12.1 Å². The third-order valence-corrected chi connectivity index (χ3v) is 4.37. The summed E-state index contributed by atoms with van der Waals surface area (Å²) < 4.78 is 0. The topological polar surface area (TPSA) is 26.0 Å². The van der Waals surface area contributed by atoms with Crippen molar-refractivity contribution in [2.24, 2.45) is 5.73 Å². The zero-order valence-electron chi connectivity index (χ0n) is 12.3. The average Bonchev–Trinajstić information content (AvgIpc) is 2.54. The van der Waals surface area contributed by atoms with E-state index in [-0.39, 0.29) is 11.5 Å². The van der Waals surface area contributed by atoms with Crippen LogP contribution in [0.4, 0.5) is 0 Å². The van der Waals surface area contributed by atoms with Gasteiger partial charge in [-0.05, 0) is 24.0 Å². The second kappa shape index (κ2) is 6.16. The summed E-state index contributed by atoms with van der Waals surface area (Å²) >= 11 is 0. The molecular formula is C20H21N. The summed E-state index contributed by atoms with van der Waals surface area (Å²) in [6, 6.07) is 21.0. The molecule has 21 heavy (non-hydrogen) atoms. The van der Waals surface area contributed by atoms with Crippen LogP contribution in [0.5, 0.6) is 0 Å². The second-order valence-corrected chi connectivity index (χ2v) is 5.69. The molecule has 0 radical (unpaired) electrons. The van der Waals surface area contributed by atoms with E-state index in [9.17, 15) is 0 Å². The summed E-state index contributed by atoms with van der Waals surface area (Å²) in [5, 5.41) is 0. The largest absolute Gasteiger partial charge is 0.326 e. The molecule has 1 heteroatoms. The maximum Gasteiger partial charge on any atom is 0.0962 e. The van der Waals surface area contributed by atoms with Gasteiger partial charge >= 0.3 is 0 Å². The standard InChI is InChI=1S/C20H21N/c21-19-15-9-1-2-10-16-20(19,17-11-5-3-6-12-17)18-13-7-4-8-14-18/h3-8,11-14,19H,1-2,9,15,21H2. The van der Waals surface area contributed by atoms with Gasteiger partial charge in [-0.25, -0.2) is 0 Å². The molecule has 0 heterocycles. The lowest BCUT2D eigenvalue weighted by Crippen LogP contribution is -2.46. The zero-order valence-corrected chi connectivity index (χ0v) is 12.3. The van der Waals surface area contributed by atoms with E-state index >= 15 is 0 Å². The van der Waals surface area contributed by atoms with E-state index < -0.39 is 0 Å². The fourth-order valence-electron chi connectivity index (χ4n) is 3.23. The summed E-state index contributed by atoms with van der Waals surface area (Å²) in [5.74, 6) is 6.92. The van der Waals surface area contributed by atoms with Gasteiger partial charge in [0, 0.05) is 12.5 Å². The number of benzene rings is 2. The van der Waals surface area contributed by atoms with Crippen molar-refractivity contribution < 1.29 is 0 Å². The number of nitrogens with two attached hydrogens (primary N) is 1. The predicted molar refractivity (Wildman–Crippen MR) is 87.9 cm³/mol. The molecule has 0 saturated heterocycles. The monoisotopic (exact) mass is 275 g/mol. The molecule has 1 aliphatic rings. The molecule has 0 amide bonds. The Labute approximate surface area is 127 Å². The molecular weight excluding hydrogens is 254 g/mol. The van der Waals surface area contributed by atoms with Crippen molar-refractivity contribution in [2.75, 3.05) is 0 Å². The van der Waals surface area contributed by atoms with E-state index in [2.05, 4.69) is 60.4 Å². The van der Waals surface area contributed by atoms with Crippen LogP contribution in [0.2, 0.25) is 0 Å². The van der Waals surface area contributed by atoms with E-state index in [1.54, 1.807) is 0 Å². The molecule has 0 aromatic heterocycles. The van der Waals surface area contributed by atoms with Crippen LogP contribution in [0, 0.1) is 11.8 Å². The smallest absolute Gasteiger partial charge is 0.0962 e. The summed E-state index contributed by atoms with van der Waals surface area (Å²) in [6.45, 7) is 0. The first-order valence-electron chi connectivity index (χ1n) is 7.71. The lowest BCUT2D eigenvalue weighted by Gasteiger charge is -2.36. The summed E-state index contributed by atoms with van der Waals surface area (Å²) in [7, 11) is 0. The second-order valence-electron chi connectivity index (χ2n) is 5.69. The molecule has 2 aromatic rings. The lowest BCUT2D eigenvalue weighted by molar-refractivity contribution is 0.450. The summed E-state index contributed by atoms with van der Waals surface area (Å²) in [5.41, 5.74) is 8.67. The number of hydrogen-bond donors (Lipinski definition) is 1. The molecule has 1 unspecified atom stereocenters. The van der Waals surface area contributed by atoms with Gasteiger partial charge in [-0.2, -0.15) is 0 Å². The van der Waals surface area contributed by atoms with Gasteiger partial charge in [-0.3, -0.25) is 0 Å². The fourth-order valence-corrected chi connectivity index (χ4v) is 3.23. The van der Waals surface area contributed by atoms with E-state index in [4.69, 9.17) is 5.73 Å².